The van der Waals surface area contributed by atoms with E-state index in [2.05, 4.69) is 11.0 Å². The molecule has 0 bridgehead atoms. The van der Waals surface area contributed by atoms with Gasteiger partial charge in [0.05, 0.1) is 0 Å². The molecule has 2 aromatic carbocycles. The van der Waals surface area contributed by atoms with Crippen molar-refractivity contribution >= 4 is 17.5 Å². The largest absolute Gasteiger partial charge is 0.454 e. The summed E-state index contributed by atoms with van der Waals surface area (Å²) in [7, 11) is 0. The number of piperazine rings is 1. The third-order valence-corrected chi connectivity index (χ3v) is 5.98. The summed E-state index contributed by atoms with van der Waals surface area (Å²) in [5.41, 5.74) is 2.66. The molecule has 156 valence electrons. The van der Waals surface area contributed by atoms with Crippen LogP contribution in [0.4, 0.5) is 5.69 Å². The van der Waals surface area contributed by atoms with Crippen LogP contribution in [0.1, 0.15) is 28.8 Å². The number of rotatable bonds is 4. The van der Waals surface area contributed by atoms with E-state index in [1.165, 1.54) is 5.56 Å². The molecule has 3 aliphatic rings. The molecule has 2 fully saturated rings. The smallest absolute Gasteiger partial charge is 0.254 e. The molecule has 0 saturated carbocycles. The molecular formula is C23H25N3O4. The first kappa shape index (κ1) is 18.9. The summed E-state index contributed by atoms with van der Waals surface area (Å²) < 4.78 is 10.8. The van der Waals surface area contributed by atoms with Gasteiger partial charge in [0.1, 0.15) is 0 Å². The highest BCUT2D eigenvalue weighted by atomic mass is 16.7. The molecule has 2 saturated heterocycles. The van der Waals surface area contributed by atoms with Crippen molar-refractivity contribution in [3.63, 3.8) is 0 Å². The first-order valence-electron chi connectivity index (χ1n) is 10.5. The molecule has 2 amide bonds. The van der Waals surface area contributed by atoms with Crippen molar-refractivity contribution in [3.8, 4) is 11.5 Å². The van der Waals surface area contributed by atoms with Crippen molar-refractivity contribution in [2.75, 3.05) is 44.4 Å². The van der Waals surface area contributed by atoms with Gasteiger partial charge in [0.2, 0.25) is 12.7 Å². The normalized spacial score (nSPS) is 18.9. The minimum atomic E-state index is 0.0335. The number of carbonyl (C=O) groups is 2. The molecule has 0 atom stereocenters. The van der Waals surface area contributed by atoms with Gasteiger partial charge in [-0.15, -0.1) is 0 Å². The average Bonchev–Trinajstić information content (AvgIpc) is 3.42. The van der Waals surface area contributed by atoms with Crippen LogP contribution in [0.5, 0.6) is 11.5 Å². The summed E-state index contributed by atoms with van der Waals surface area (Å²) >= 11 is 0. The summed E-state index contributed by atoms with van der Waals surface area (Å²) in [5.74, 6) is 1.77. The Hall–Kier alpha value is -3.06. The van der Waals surface area contributed by atoms with E-state index in [-0.39, 0.29) is 18.6 Å². The van der Waals surface area contributed by atoms with E-state index in [9.17, 15) is 9.59 Å². The van der Waals surface area contributed by atoms with Crippen molar-refractivity contribution < 1.29 is 19.1 Å². The van der Waals surface area contributed by atoms with E-state index in [4.69, 9.17) is 9.47 Å². The predicted octanol–water partition coefficient (Wildman–Crippen LogP) is 2.50. The monoisotopic (exact) mass is 407 g/mol. The zero-order valence-electron chi connectivity index (χ0n) is 16.9. The first-order valence-corrected chi connectivity index (χ1v) is 10.5. The highest BCUT2D eigenvalue weighted by Gasteiger charge is 2.25. The Balaban J connectivity index is 1.19. The Morgan fingerprint density at radius 2 is 1.77 bits per heavy atom. The minimum Gasteiger partial charge on any atom is -0.454 e. The third kappa shape index (κ3) is 3.73. The van der Waals surface area contributed by atoms with Crippen LogP contribution in [-0.4, -0.2) is 61.1 Å². The van der Waals surface area contributed by atoms with Crippen molar-refractivity contribution in [3.05, 3.63) is 53.6 Å². The topological polar surface area (TPSA) is 62.3 Å². The van der Waals surface area contributed by atoms with Gasteiger partial charge in [0.15, 0.2) is 11.5 Å². The summed E-state index contributed by atoms with van der Waals surface area (Å²) in [6.45, 7) is 4.87. The molecule has 0 unspecified atom stereocenters. The molecular weight excluding hydrogens is 382 g/mol. The summed E-state index contributed by atoms with van der Waals surface area (Å²) in [6, 6.07) is 13.5. The van der Waals surface area contributed by atoms with E-state index < -0.39 is 0 Å². The summed E-state index contributed by atoms with van der Waals surface area (Å²) in [4.78, 5) is 31.1. The van der Waals surface area contributed by atoms with E-state index in [1.54, 1.807) is 4.90 Å². The van der Waals surface area contributed by atoms with Gasteiger partial charge in [0.25, 0.3) is 5.91 Å². The second-order valence-electron chi connectivity index (χ2n) is 7.96. The van der Waals surface area contributed by atoms with Crippen LogP contribution in [0.3, 0.4) is 0 Å². The molecule has 3 heterocycles. The van der Waals surface area contributed by atoms with Crippen molar-refractivity contribution in [1.82, 2.24) is 9.80 Å². The Bertz CT molecular complexity index is 969. The minimum absolute atomic E-state index is 0.0335. The molecule has 7 heteroatoms. The van der Waals surface area contributed by atoms with Crippen molar-refractivity contribution in [1.29, 1.82) is 0 Å². The number of hydrogen-bond acceptors (Lipinski definition) is 5. The molecule has 2 aromatic rings. The first-order chi connectivity index (χ1) is 14.7. The maximum Gasteiger partial charge on any atom is 0.254 e. The van der Waals surface area contributed by atoms with Crippen LogP contribution in [-0.2, 0) is 11.3 Å². The number of fused-ring (bicyclic) bond motifs is 1. The highest BCUT2D eigenvalue weighted by molar-refractivity contribution is 5.99. The van der Waals surface area contributed by atoms with E-state index >= 15 is 0 Å². The van der Waals surface area contributed by atoms with Crippen LogP contribution < -0.4 is 14.4 Å². The predicted molar refractivity (Wildman–Crippen MR) is 112 cm³/mol. The zero-order chi connectivity index (χ0) is 20.5. The fraction of sp³-hybridized carbons (Fsp3) is 0.391. The number of anilines is 1. The maximum absolute atomic E-state index is 13.0. The maximum atomic E-state index is 13.0. The van der Waals surface area contributed by atoms with Crippen LogP contribution in [0, 0.1) is 0 Å². The lowest BCUT2D eigenvalue weighted by atomic mass is 10.1. The third-order valence-electron chi connectivity index (χ3n) is 5.98. The Morgan fingerprint density at radius 3 is 2.57 bits per heavy atom. The van der Waals surface area contributed by atoms with Crippen LogP contribution in [0.15, 0.2) is 42.5 Å². The SMILES string of the molecule is O=C(c1cccc(N2CCCC2=O)c1)N1CCN(Cc2ccc3c(c2)OCO3)CC1. The van der Waals surface area contributed by atoms with Gasteiger partial charge in [-0.05, 0) is 42.3 Å². The number of hydrogen-bond donors (Lipinski definition) is 0. The van der Waals surface area contributed by atoms with Gasteiger partial charge >= 0.3 is 0 Å². The second kappa shape index (κ2) is 7.99. The van der Waals surface area contributed by atoms with Gasteiger partial charge in [-0.25, -0.2) is 0 Å². The molecule has 0 radical (unpaired) electrons. The van der Waals surface area contributed by atoms with Gasteiger partial charge < -0.3 is 19.3 Å². The van der Waals surface area contributed by atoms with E-state index in [1.807, 2.05) is 41.3 Å². The highest BCUT2D eigenvalue weighted by Crippen LogP contribution is 2.33. The van der Waals surface area contributed by atoms with Crippen LogP contribution in [0.25, 0.3) is 0 Å². The summed E-state index contributed by atoms with van der Waals surface area (Å²) in [5, 5.41) is 0. The van der Waals surface area contributed by atoms with Gasteiger partial charge in [-0.3, -0.25) is 14.5 Å². The van der Waals surface area contributed by atoms with Crippen molar-refractivity contribution in [2.24, 2.45) is 0 Å². The van der Waals surface area contributed by atoms with Crippen LogP contribution >= 0.6 is 0 Å². The molecule has 30 heavy (non-hydrogen) atoms. The Kier molecular flexibility index (Phi) is 5.04. The molecule has 0 N–H and O–H groups in total. The van der Waals surface area contributed by atoms with E-state index in [0.29, 0.717) is 25.1 Å². The molecule has 0 aromatic heterocycles. The molecule has 3 aliphatic heterocycles. The van der Waals surface area contributed by atoms with Crippen LogP contribution in [0.2, 0.25) is 0 Å². The number of benzene rings is 2. The number of carbonyl (C=O) groups excluding carboxylic acids is 2. The number of nitrogens with zero attached hydrogens (tertiary/aromatic N) is 3. The van der Waals surface area contributed by atoms with E-state index in [0.717, 1.165) is 49.8 Å². The van der Waals surface area contributed by atoms with Gasteiger partial charge in [-0.1, -0.05) is 12.1 Å². The fourth-order valence-corrected chi connectivity index (χ4v) is 4.32. The van der Waals surface area contributed by atoms with Gasteiger partial charge in [-0.2, -0.15) is 0 Å². The fourth-order valence-electron chi connectivity index (χ4n) is 4.32. The standard InChI is InChI=1S/C23H25N3O4/c27-22-5-2-8-26(22)19-4-1-3-18(14-19)23(28)25-11-9-24(10-12-25)15-17-6-7-20-21(13-17)30-16-29-20/h1,3-4,6-7,13-14H,2,5,8-12,15-16H2. The summed E-state index contributed by atoms with van der Waals surface area (Å²) in [6.07, 6.45) is 1.46. The quantitative estimate of drug-likeness (QED) is 0.779. The second-order valence-corrected chi connectivity index (χ2v) is 7.96. The zero-order valence-corrected chi connectivity index (χ0v) is 16.9. The molecule has 0 spiro atoms. The van der Waals surface area contributed by atoms with Crippen molar-refractivity contribution in [2.45, 2.75) is 19.4 Å². The lowest BCUT2D eigenvalue weighted by Gasteiger charge is -2.35. The molecule has 5 rings (SSSR count). The molecule has 7 nitrogen and oxygen atoms in total. The van der Waals surface area contributed by atoms with Gasteiger partial charge in [0, 0.05) is 56.9 Å². The Morgan fingerprint density at radius 1 is 0.933 bits per heavy atom. The lowest BCUT2D eigenvalue weighted by molar-refractivity contribution is -0.117. The lowest BCUT2D eigenvalue weighted by Crippen LogP contribution is -2.48. The number of amides is 2. The molecule has 0 aliphatic carbocycles. The average molecular weight is 407 g/mol. The Labute approximate surface area is 175 Å². The number of ether oxygens (including phenoxy) is 2.